The van der Waals surface area contributed by atoms with Gasteiger partial charge >= 0.3 is 0 Å². The molecule has 2 aromatic carbocycles. The maximum absolute atomic E-state index is 15.2. The van der Waals surface area contributed by atoms with Gasteiger partial charge in [-0.2, -0.15) is 0 Å². The van der Waals surface area contributed by atoms with Crippen LogP contribution >= 0.6 is 0 Å². The van der Waals surface area contributed by atoms with E-state index in [0.29, 0.717) is 34.8 Å². The topological polar surface area (TPSA) is 27.3 Å². The molecule has 1 atom stereocenters. The lowest BCUT2D eigenvalue weighted by Gasteiger charge is -2.37. The summed E-state index contributed by atoms with van der Waals surface area (Å²) in [5.74, 6) is -0.136. The zero-order valence-electron chi connectivity index (χ0n) is 17.5. The summed E-state index contributed by atoms with van der Waals surface area (Å²) in [6, 6.07) is 11.5. The van der Waals surface area contributed by atoms with Crippen LogP contribution in [0.25, 0.3) is 0 Å². The second kappa shape index (κ2) is 7.91. The van der Waals surface area contributed by atoms with E-state index in [1.807, 2.05) is 36.2 Å². The van der Waals surface area contributed by atoms with Crippen molar-refractivity contribution in [1.29, 1.82) is 0 Å². The summed E-state index contributed by atoms with van der Waals surface area (Å²) in [4.78, 5) is 2.01. The first-order valence-corrected chi connectivity index (χ1v) is 10.1. The van der Waals surface area contributed by atoms with E-state index in [1.165, 1.54) is 12.1 Å². The van der Waals surface area contributed by atoms with Crippen LogP contribution in [0, 0.1) is 11.6 Å². The van der Waals surface area contributed by atoms with Gasteiger partial charge in [0.15, 0.2) is 0 Å². The molecule has 3 nitrogen and oxygen atoms in total. The Hall–Kier alpha value is -3.60. The minimum Gasteiger partial charge on any atom is -0.356 e. The number of nitrogens with one attached hydrogen (secondary N) is 2. The molecule has 0 amide bonds. The van der Waals surface area contributed by atoms with Crippen LogP contribution in [0.1, 0.15) is 23.6 Å². The molecule has 0 bridgehead atoms. The van der Waals surface area contributed by atoms with Crippen molar-refractivity contribution in [3.05, 3.63) is 132 Å². The minimum absolute atomic E-state index is 0.181. The van der Waals surface area contributed by atoms with Crippen molar-refractivity contribution in [2.45, 2.75) is 18.9 Å². The predicted octanol–water partition coefficient (Wildman–Crippen LogP) is 5.22. The van der Waals surface area contributed by atoms with E-state index >= 15 is 4.39 Å². The van der Waals surface area contributed by atoms with E-state index in [0.717, 1.165) is 11.3 Å². The molecule has 158 valence electrons. The average Bonchev–Trinajstić information content (AvgIpc) is 3.02. The van der Waals surface area contributed by atoms with E-state index in [4.69, 9.17) is 0 Å². The fourth-order valence-electron chi connectivity index (χ4n) is 4.04. The molecule has 0 aliphatic carbocycles. The van der Waals surface area contributed by atoms with Crippen molar-refractivity contribution in [1.82, 2.24) is 15.5 Å². The van der Waals surface area contributed by atoms with Crippen molar-refractivity contribution < 1.29 is 8.78 Å². The van der Waals surface area contributed by atoms with E-state index in [2.05, 4.69) is 30.4 Å². The van der Waals surface area contributed by atoms with Gasteiger partial charge in [-0.3, -0.25) is 0 Å². The molecular weight excluding hydrogens is 392 g/mol. The van der Waals surface area contributed by atoms with Gasteiger partial charge in [0.25, 0.3) is 0 Å². The zero-order valence-corrected chi connectivity index (χ0v) is 17.5. The Morgan fingerprint density at radius 1 is 1.00 bits per heavy atom. The van der Waals surface area contributed by atoms with Gasteiger partial charge in [-0.05, 0) is 47.4 Å². The number of benzene rings is 2. The number of rotatable bonds is 5. The molecule has 5 heteroatoms. The SMILES string of the molecule is C=C1NC(=C)C(CN2C=CC=C(C)C2=C)(c2ccc(Cc3ccccc3F)c(F)c2)N1. The largest absolute Gasteiger partial charge is 0.356 e. The Morgan fingerprint density at radius 2 is 1.74 bits per heavy atom. The zero-order chi connectivity index (χ0) is 22.2. The van der Waals surface area contributed by atoms with Crippen molar-refractivity contribution in [3.63, 3.8) is 0 Å². The molecule has 2 N–H and O–H groups in total. The second-order valence-electron chi connectivity index (χ2n) is 7.95. The maximum atomic E-state index is 15.2. The summed E-state index contributed by atoms with van der Waals surface area (Å²) in [6.07, 6.45) is 6.07. The van der Waals surface area contributed by atoms with Crippen molar-refractivity contribution in [2.75, 3.05) is 6.54 Å². The molecule has 2 heterocycles. The highest BCUT2D eigenvalue weighted by Gasteiger charge is 2.43. The Labute approximate surface area is 181 Å². The highest BCUT2D eigenvalue weighted by molar-refractivity contribution is 5.45. The van der Waals surface area contributed by atoms with Crippen LogP contribution in [0.3, 0.4) is 0 Å². The Kier molecular flexibility index (Phi) is 5.27. The van der Waals surface area contributed by atoms with Crippen LogP contribution in [0.5, 0.6) is 0 Å². The van der Waals surface area contributed by atoms with E-state index in [9.17, 15) is 4.39 Å². The first-order chi connectivity index (χ1) is 14.8. The molecule has 2 aromatic rings. The van der Waals surface area contributed by atoms with Gasteiger partial charge in [-0.25, -0.2) is 8.78 Å². The molecule has 0 spiro atoms. The molecule has 31 heavy (non-hydrogen) atoms. The quantitative estimate of drug-likeness (QED) is 0.699. The third-order valence-electron chi connectivity index (χ3n) is 5.89. The molecule has 2 aliphatic heterocycles. The van der Waals surface area contributed by atoms with Gasteiger partial charge in [0, 0.05) is 24.0 Å². The summed E-state index contributed by atoms with van der Waals surface area (Å²) in [5.41, 5.74) is 3.38. The normalized spacial score (nSPS) is 20.5. The Bertz CT molecular complexity index is 1150. The summed E-state index contributed by atoms with van der Waals surface area (Å²) >= 11 is 0. The van der Waals surface area contributed by atoms with Gasteiger partial charge in [0.1, 0.15) is 17.2 Å². The lowest BCUT2D eigenvalue weighted by atomic mass is 9.85. The number of halogens is 2. The standard InChI is InChI=1S/C26H25F2N3/c1-17-8-7-13-31(18(17)2)16-26(19(3)29-20(4)30-26)23-12-11-22(25(28)15-23)14-21-9-5-6-10-24(21)27/h5-13,15,29-30H,2-4,14,16H2,1H3. The van der Waals surface area contributed by atoms with E-state index < -0.39 is 11.4 Å². The lowest BCUT2D eigenvalue weighted by Crippen LogP contribution is -2.46. The van der Waals surface area contributed by atoms with Crippen molar-refractivity contribution in [3.8, 4) is 0 Å². The van der Waals surface area contributed by atoms with Crippen LogP contribution in [0.2, 0.25) is 0 Å². The minimum atomic E-state index is -0.806. The predicted molar refractivity (Wildman–Crippen MR) is 121 cm³/mol. The summed E-state index contributed by atoms with van der Waals surface area (Å²) in [7, 11) is 0. The fraction of sp³-hybridized carbons (Fsp3) is 0.154. The van der Waals surface area contributed by atoms with Gasteiger partial charge in [-0.1, -0.05) is 56.1 Å². The van der Waals surface area contributed by atoms with Crippen LogP contribution < -0.4 is 10.6 Å². The van der Waals surface area contributed by atoms with Crippen LogP contribution in [0.15, 0.2) is 103 Å². The smallest absolute Gasteiger partial charge is 0.127 e. The molecule has 0 saturated carbocycles. The molecule has 1 fully saturated rings. The van der Waals surface area contributed by atoms with Crippen LogP contribution in [-0.4, -0.2) is 11.4 Å². The Balaban J connectivity index is 1.69. The Morgan fingerprint density at radius 3 is 2.42 bits per heavy atom. The van der Waals surface area contributed by atoms with Crippen molar-refractivity contribution >= 4 is 0 Å². The molecule has 1 unspecified atom stereocenters. The first kappa shape index (κ1) is 20.7. The molecule has 1 saturated heterocycles. The summed E-state index contributed by atoms with van der Waals surface area (Å²) in [6.45, 7) is 14.8. The molecule has 0 radical (unpaired) electrons. The van der Waals surface area contributed by atoms with Crippen LogP contribution in [-0.2, 0) is 12.0 Å². The first-order valence-electron chi connectivity index (χ1n) is 10.1. The molecule has 4 rings (SSSR count). The monoisotopic (exact) mass is 417 g/mol. The summed E-state index contributed by atoms with van der Waals surface area (Å²) in [5, 5.41) is 6.49. The van der Waals surface area contributed by atoms with Gasteiger partial charge in [0.2, 0.25) is 0 Å². The molecule has 2 aliphatic rings. The highest BCUT2D eigenvalue weighted by Crippen LogP contribution is 2.36. The molecular formula is C26H25F2N3. The maximum Gasteiger partial charge on any atom is 0.127 e. The number of nitrogens with zero attached hydrogens (tertiary/aromatic N) is 1. The third kappa shape index (κ3) is 3.79. The second-order valence-corrected chi connectivity index (χ2v) is 7.95. The van der Waals surface area contributed by atoms with Gasteiger partial charge < -0.3 is 15.5 Å². The molecule has 0 aromatic heterocycles. The summed E-state index contributed by atoms with van der Waals surface area (Å²) < 4.78 is 29.2. The van der Waals surface area contributed by atoms with Gasteiger partial charge in [0.05, 0.1) is 12.4 Å². The van der Waals surface area contributed by atoms with Crippen molar-refractivity contribution in [2.24, 2.45) is 0 Å². The lowest BCUT2D eigenvalue weighted by molar-refractivity contribution is 0.333. The number of hydrogen-bond donors (Lipinski definition) is 2. The fourth-order valence-corrected chi connectivity index (χ4v) is 4.04. The van der Waals surface area contributed by atoms with E-state index in [-0.39, 0.29) is 12.2 Å². The highest BCUT2D eigenvalue weighted by atomic mass is 19.1. The third-order valence-corrected chi connectivity index (χ3v) is 5.89. The number of allylic oxidation sites excluding steroid dienone is 3. The average molecular weight is 418 g/mol. The number of hydrogen-bond acceptors (Lipinski definition) is 3. The van der Waals surface area contributed by atoms with E-state index in [1.54, 1.807) is 24.3 Å². The van der Waals surface area contributed by atoms with Gasteiger partial charge in [-0.15, -0.1) is 0 Å². The van der Waals surface area contributed by atoms with Crippen LogP contribution in [0.4, 0.5) is 8.78 Å².